The molecule has 0 aromatic rings. The quantitative estimate of drug-likeness (QED) is 0.724. The molecule has 22 heavy (non-hydrogen) atoms. The Morgan fingerprint density at radius 2 is 1.59 bits per heavy atom. The SMILES string of the molecule is C[C@H](CN)SC[C@H](NC(=O)OC(C)(C)C)C(=O)OC(C)(C)C. The van der Waals surface area contributed by atoms with Crippen molar-refractivity contribution in [2.45, 2.75) is 71.0 Å². The van der Waals surface area contributed by atoms with Gasteiger partial charge in [0.05, 0.1) is 0 Å². The van der Waals surface area contributed by atoms with Gasteiger partial charge >= 0.3 is 12.1 Å². The summed E-state index contributed by atoms with van der Waals surface area (Å²) in [6, 6.07) is -0.770. The number of rotatable bonds is 6. The third kappa shape index (κ3) is 10.7. The topological polar surface area (TPSA) is 90.6 Å². The van der Waals surface area contributed by atoms with Crippen LogP contribution < -0.4 is 11.1 Å². The predicted octanol–water partition coefficient (Wildman–Crippen LogP) is 2.30. The maximum Gasteiger partial charge on any atom is 0.408 e. The number of alkyl carbamates (subject to hydrolysis) is 1. The Balaban J connectivity index is 4.78. The summed E-state index contributed by atoms with van der Waals surface area (Å²) in [7, 11) is 0. The predicted molar refractivity (Wildman–Crippen MR) is 90.0 cm³/mol. The fourth-order valence-electron chi connectivity index (χ4n) is 1.32. The molecule has 7 heteroatoms. The van der Waals surface area contributed by atoms with Crippen molar-refractivity contribution in [3.8, 4) is 0 Å². The zero-order valence-corrected chi connectivity index (χ0v) is 15.5. The van der Waals surface area contributed by atoms with E-state index >= 15 is 0 Å². The molecule has 0 saturated heterocycles. The first-order chi connectivity index (χ1) is 9.84. The molecule has 3 N–H and O–H groups in total. The highest BCUT2D eigenvalue weighted by molar-refractivity contribution is 8.00. The average Bonchev–Trinajstić information content (AvgIpc) is 2.29. The molecule has 2 atom stereocenters. The molecule has 6 nitrogen and oxygen atoms in total. The molecule has 130 valence electrons. The number of esters is 1. The number of hydrogen-bond acceptors (Lipinski definition) is 6. The van der Waals surface area contributed by atoms with Gasteiger partial charge in [-0.2, -0.15) is 11.8 Å². The van der Waals surface area contributed by atoms with Gasteiger partial charge in [-0.3, -0.25) is 0 Å². The molecule has 0 aromatic heterocycles. The highest BCUT2D eigenvalue weighted by Crippen LogP contribution is 2.15. The second-order valence-electron chi connectivity index (χ2n) is 7.11. The zero-order chi connectivity index (χ0) is 17.6. The molecule has 0 rings (SSSR count). The van der Waals surface area contributed by atoms with Gasteiger partial charge in [0.1, 0.15) is 17.2 Å². The van der Waals surface area contributed by atoms with Crippen molar-refractivity contribution >= 4 is 23.8 Å². The number of nitrogens with two attached hydrogens (primary N) is 1. The Morgan fingerprint density at radius 3 is 2.00 bits per heavy atom. The van der Waals surface area contributed by atoms with Crippen LogP contribution in [0.15, 0.2) is 0 Å². The van der Waals surface area contributed by atoms with Crippen LogP contribution in [0.25, 0.3) is 0 Å². The van der Waals surface area contributed by atoms with Gasteiger partial charge in [0.25, 0.3) is 0 Å². The van der Waals surface area contributed by atoms with E-state index in [4.69, 9.17) is 15.2 Å². The van der Waals surface area contributed by atoms with Gasteiger partial charge in [-0.1, -0.05) is 6.92 Å². The fraction of sp³-hybridized carbons (Fsp3) is 0.867. The van der Waals surface area contributed by atoms with E-state index in [1.165, 1.54) is 11.8 Å². The van der Waals surface area contributed by atoms with Crippen molar-refractivity contribution in [1.29, 1.82) is 0 Å². The Bertz CT molecular complexity index is 375. The van der Waals surface area contributed by atoms with Crippen LogP contribution in [0.5, 0.6) is 0 Å². The summed E-state index contributed by atoms with van der Waals surface area (Å²) in [6.07, 6.45) is -0.635. The van der Waals surface area contributed by atoms with Gasteiger partial charge in [0.15, 0.2) is 0 Å². The second-order valence-corrected chi connectivity index (χ2v) is 8.58. The molecule has 0 aliphatic heterocycles. The minimum Gasteiger partial charge on any atom is -0.458 e. The van der Waals surface area contributed by atoms with Gasteiger partial charge in [-0.25, -0.2) is 9.59 Å². The van der Waals surface area contributed by atoms with Gasteiger partial charge in [-0.05, 0) is 41.5 Å². The number of thioether (sulfide) groups is 1. The monoisotopic (exact) mass is 334 g/mol. The van der Waals surface area contributed by atoms with Crippen LogP contribution >= 0.6 is 11.8 Å². The van der Waals surface area contributed by atoms with E-state index in [0.717, 1.165) is 0 Å². The molecule has 0 aromatic carbocycles. The molecule has 1 amide bonds. The lowest BCUT2D eigenvalue weighted by Crippen LogP contribution is -2.47. The van der Waals surface area contributed by atoms with Crippen molar-refractivity contribution < 1.29 is 19.1 Å². The van der Waals surface area contributed by atoms with E-state index in [1.807, 2.05) is 6.92 Å². The van der Waals surface area contributed by atoms with Gasteiger partial charge in [0, 0.05) is 17.5 Å². The van der Waals surface area contributed by atoms with Crippen LogP contribution in [-0.4, -0.2) is 46.9 Å². The van der Waals surface area contributed by atoms with Crippen molar-refractivity contribution in [2.24, 2.45) is 5.73 Å². The maximum absolute atomic E-state index is 12.2. The minimum atomic E-state index is -0.770. The van der Waals surface area contributed by atoms with Crippen LogP contribution in [0.2, 0.25) is 0 Å². The Hall–Kier alpha value is -0.950. The average molecular weight is 334 g/mol. The van der Waals surface area contributed by atoms with Crippen LogP contribution in [0.4, 0.5) is 4.79 Å². The summed E-state index contributed by atoms with van der Waals surface area (Å²) >= 11 is 1.50. The third-order valence-electron chi connectivity index (χ3n) is 2.26. The molecule has 0 fully saturated rings. The largest absolute Gasteiger partial charge is 0.458 e. The van der Waals surface area contributed by atoms with E-state index < -0.39 is 29.3 Å². The maximum atomic E-state index is 12.2. The van der Waals surface area contributed by atoms with E-state index in [-0.39, 0.29) is 5.25 Å². The van der Waals surface area contributed by atoms with E-state index in [1.54, 1.807) is 41.5 Å². The summed E-state index contributed by atoms with van der Waals surface area (Å²) in [4.78, 5) is 24.1. The van der Waals surface area contributed by atoms with Crippen molar-refractivity contribution in [2.75, 3.05) is 12.3 Å². The van der Waals surface area contributed by atoms with E-state index in [2.05, 4.69) is 5.32 Å². The number of ether oxygens (including phenoxy) is 2. The van der Waals surface area contributed by atoms with E-state index in [0.29, 0.717) is 12.3 Å². The fourth-order valence-corrected chi connectivity index (χ4v) is 2.20. The molecule has 0 radical (unpaired) electrons. The Kier molecular flexibility index (Phi) is 8.25. The molecular weight excluding hydrogens is 304 g/mol. The highest BCUT2D eigenvalue weighted by Gasteiger charge is 2.29. The number of hydrogen-bond donors (Lipinski definition) is 2. The van der Waals surface area contributed by atoms with Crippen LogP contribution in [0.1, 0.15) is 48.5 Å². The highest BCUT2D eigenvalue weighted by atomic mass is 32.2. The summed E-state index contributed by atoms with van der Waals surface area (Å²) in [5, 5.41) is 2.76. The molecule has 0 aliphatic carbocycles. The smallest absolute Gasteiger partial charge is 0.408 e. The van der Waals surface area contributed by atoms with Crippen LogP contribution in [0, 0.1) is 0 Å². The van der Waals surface area contributed by atoms with Crippen molar-refractivity contribution in [1.82, 2.24) is 5.32 Å². The lowest BCUT2D eigenvalue weighted by molar-refractivity contribution is -0.156. The first kappa shape index (κ1) is 21.0. The van der Waals surface area contributed by atoms with Crippen molar-refractivity contribution in [3.63, 3.8) is 0 Å². The molecular formula is C15H30N2O4S. The first-order valence-corrected chi connectivity index (χ1v) is 8.43. The summed E-state index contributed by atoms with van der Waals surface area (Å²) < 4.78 is 10.5. The summed E-state index contributed by atoms with van der Waals surface area (Å²) in [6.45, 7) is 13.1. The van der Waals surface area contributed by atoms with E-state index in [9.17, 15) is 9.59 Å². The third-order valence-corrected chi connectivity index (χ3v) is 3.55. The Morgan fingerprint density at radius 1 is 1.09 bits per heavy atom. The zero-order valence-electron chi connectivity index (χ0n) is 14.7. The molecule has 0 spiro atoms. The molecule has 0 saturated carbocycles. The molecule has 0 aliphatic rings. The number of nitrogens with one attached hydrogen (secondary N) is 1. The molecule has 0 heterocycles. The first-order valence-electron chi connectivity index (χ1n) is 7.38. The second kappa shape index (κ2) is 8.62. The Labute approximate surface area is 137 Å². The van der Waals surface area contributed by atoms with Gasteiger partial charge < -0.3 is 20.5 Å². The number of carbonyl (C=O) groups excluding carboxylic acids is 2. The number of carbonyl (C=O) groups is 2. The van der Waals surface area contributed by atoms with Gasteiger partial charge in [0.2, 0.25) is 0 Å². The summed E-state index contributed by atoms with van der Waals surface area (Å²) in [5.41, 5.74) is 4.33. The number of amides is 1. The lowest BCUT2D eigenvalue weighted by atomic mass is 10.2. The minimum absolute atomic E-state index is 0.186. The normalized spacial score (nSPS) is 14.9. The van der Waals surface area contributed by atoms with Crippen LogP contribution in [0.3, 0.4) is 0 Å². The molecule has 0 unspecified atom stereocenters. The van der Waals surface area contributed by atoms with Crippen molar-refractivity contribution in [3.05, 3.63) is 0 Å². The lowest BCUT2D eigenvalue weighted by Gasteiger charge is -2.26. The van der Waals surface area contributed by atoms with Gasteiger partial charge in [-0.15, -0.1) is 0 Å². The standard InChI is InChI=1S/C15H30N2O4S/c1-10(8-16)22-9-11(12(18)20-14(2,3)4)17-13(19)21-15(5,6)7/h10-11H,8-9,16H2,1-7H3,(H,17,19)/t10-,11+/m1/s1. The summed E-state index contributed by atoms with van der Waals surface area (Å²) in [5.74, 6) is -0.0953. The molecule has 0 bridgehead atoms. The van der Waals surface area contributed by atoms with Crippen LogP contribution in [-0.2, 0) is 14.3 Å².